The fourth-order valence-corrected chi connectivity index (χ4v) is 4.58. The van der Waals surface area contributed by atoms with E-state index in [0.29, 0.717) is 28.2 Å². The molecule has 31 heavy (non-hydrogen) atoms. The van der Waals surface area contributed by atoms with E-state index in [0.717, 1.165) is 29.9 Å². The Kier molecular flexibility index (Phi) is 8.48. The number of carbonyl (C=O) groups is 1. The van der Waals surface area contributed by atoms with Crippen molar-refractivity contribution in [2.24, 2.45) is 10.2 Å². The summed E-state index contributed by atoms with van der Waals surface area (Å²) in [5.74, 6) is -2.57. The summed E-state index contributed by atoms with van der Waals surface area (Å²) in [6, 6.07) is 14.9. The SMILES string of the molecule is CCN(CC)c1ccc(/C=N\N=C2/NC(=O)[C@@H](Cc3ccc(SC(F)F)cc3)S2)cc1. The lowest BCUT2D eigenvalue weighted by molar-refractivity contribution is -0.118. The molecule has 1 atom stereocenters. The molecular formula is C22H24F2N4OS2. The molecular weight excluding hydrogens is 438 g/mol. The molecule has 1 aliphatic heterocycles. The van der Waals surface area contributed by atoms with Gasteiger partial charge in [0.15, 0.2) is 5.17 Å². The van der Waals surface area contributed by atoms with Crippen LogP contribution in [0.25, 0.3) is 0 Å². The van der Waals surface area contributed by atoms with Gasteiger partial charge < -0.3 is 10.2 Å². The van der Waals surface area contributed by atoms with Crippen LogP contribution in [0.2, 0.25) is 0 Å². The minimum atomic E-state index is -2.44. The lowest BCUT2D eigenvalue weighted by Gasteiger charge is -2.20. The number of thioether (sulfide) groups is 2. The molecule has 1 fully saturated rings. The number of carbonyl (C=O) groups excluding carboxylic acids is 1. The van der Waals surface area contributed by atoms with Crippen molar-refractivity contribution in [3.8, 4) is 0 Å². The van der Waals surface area contributed by atoms with Gasteiger partial charge in [0.1, 0.15) is 0 Å². The second kappa shape index (κ2) is 11.3. The van der Waals surface area contributed by atoms with Crippen molar-refractivity contribution in [3.05, 3.63) is 59.7 Å². The van der Waals surface area contributed by atoms with Crippen LogP contribution in [0.1, 0.15) is 25.0 Å². The van der Waals surface area contributed by atoms with E-state index >= 15 is 0 Å². The predicted molar refractivity (Wildman–Crippen MR) is 127 cm³/mol. The lowest BCUT2D eigenvalue weighted by atomic mass is 10.1. The van der Waals surface area contributed by atoms with Gasteiger partial charge >= 0.3 is 0 Å². The Balaban J connectivity index is 1.55. The van der Waals surface area contributed by atoms with Gasteiger partial charge in [0.05, 0.1) is 11.5 Å². The fourth-order valence-electron chi connectivity index (χ4n) is 3.12. The number of hydrogen-bond acceptors (Lipinski definition) is 6. The molecule has 1 aliphatic rings. The highest BCUT2D eigenvalue weighted by atomic mass is 32.2. The average molecular weight is 463 g/mol. The van der Waals surface area contributed by atoms with Crippen LogP contribution in [0.5, 0.6) is 0 Å². The molecule has 1 heterocycles. The van der Waals surface area contributed by atoms with Crippen molar-refractivity contribution < 1.29 is 13.6 Å². The van der Waals surface area contributed by atoms with Crippen LogP contribution in [-0.4, -0.2) is 41.4 Å². The molecule has 1 amide bonds. The second-order valence-corrected chi connectivity index (χ2v) is 8.99. The number of amides is 1. The molecule has 2 aromatic rings. The Morgan fingerprint density at radius 1 is 1.13 bits per heavy atom. The summed E-state index contributed by atoms with van der Waals surface area (Å²) in [6.07, 6.45) is 2.14. The predicted octanol–water partition coefficient (Wildman–Crippen LogP) is 5.01. The van der Waals surface area contributed by atoms with Crippen LogP contribution in [-0.2, 0) is 11.2 Å². The summed E-state index contributed by atoms with van der Waals surface area (Å²) in [4.78, 5) is 15.0. The number of rotatable bonds is 9. The maximum atomic E-state index is 12.4. The van der Waals surface area contributed by atoms with E-state index in [4.69, 9.17) is 0 Å². The summed E-state index contributed by atoms with van der Waals surface area (Å²) in [7, 11) is 0. The lowest BCUT2D eigenvalue weighted by Crippen LogP contribution is -2.25. The maximum Gasteiger partial charge on any atom is 0.288 e. The molecule has 0 radical (unpaired) electrons. The maximum absolute atomic E-state index is 12.4. The second-order valence-electron chi connectivity index (χ2n) is 6.74. The molecule has 0 unspecified atom stereocenters. The van der Waals surface area contributed by atoms with Gasteiger partial charge in [-0.15, -0.1) is 5.10 Å². The Hall–Kier alpha value is -2.39. The first kappa shape index (κ1) is 23.3. The Morgan fingerprint density at radius 2 is 1.81 bits per heavy atom. The van der Waals surface area contributed by atoms with Gasteiger partial charge in [0.2, 0.25) is 5.91 Å². The van der Waals surface area contributed by atoms with Gasteiger partial charge in [-0.1, -0.05) is 47.8 Å². The van der Waals surface area contributed by atoms with E-state index in [1.807, 2.05) is 12.1 Å². The van der Waals surface area contributed by atoms with E-state index < -0.39 is 5.76 Å². The molecule has 0 aliphatic carbocycles. The normalized spacial score (nSPS) is 17.6. The molecule has 9 heteroatoms. The number of nitrogens with zero attached hydrogens (tertiary/aromatic N) is 3. The van der Waals surface area contributed by atoms with Crippen molar-refractivity contribution in [2.75, 3.05) is 18.0 Å². The Morgan fingerprint density at radius 3 is 2.42 bits per heavy atom. The van der Waals surface area contributed by atoms with E-state index in [9.17, 15) is 13.6 Å². The molecule has 0 saturated carbocycles. The van der Waals surface area contributed by atoms with Crippen LogP contribution in [0.4, 0.5) is 14.5 Å². The monoisotopic (exact) mass is 462 g/mol. The molecule has 0 bridgehead atoms. The molecule has 0 aromatic heterocycles. The van der Waals surface area contributed by atoms with Gasteiger partial charge in [-0.25, -0.2) is 0 Å². The third-order valence-corrected chi connectivity index (χ3v) is 6.52. The standard InChI is InChI=1S/C22H24F2N4OS2/c1-3-28(4-2)17-9-5-16(6-10-17)14-25-27-22-26-20(29)19(31-22)13-15-7-11-18(12-8-15)30-21(23)24/h5-12,14,19,21H,3-4,13H2,1-2H3,(H,26,27,29)/b25-14-/t19-/m1/s1. The van der Waals surface area contributed by atoms with Crippen LogP contribution in [0.15, 0.2) is 63.6 Å². The summed E-state index contributed by atoms with van der Waals surface area (Å²) in [6.45, 7) is 6.15. The zero-order valence-electron chi connectivity index (χ0n) is 17.3. The third kappa shape index (κ3) is 6.80. The number of alkyl halides is 2. The van der Waals surface area contributed by atoms with Gasteiger partial charge in [0.25, 0.3) is 5.76 Å². The average Bonchev–Trinajstić information content (AvgIpc) is 3.10. The topological polar surface area (TPSA) is 57.1 Å². The van der Waals surface area contributed by atoms with E-state index in [-0.39, 0.29) is 11.2 Å². The number of hydrogen-bond donors (Lipinski definition) is 1. The first-order valence-corrected chi connectivity index (χ1v) is 11.7. The number of anilines is 1. The first-order chi connectivity index (χ1) is 15.0. The zero-order valence-corrected chi connectivity index (χ0v) is 18.9. The minimum absolute atomic E-state index is 0.131. The molecule has 0 spiro atoms. The van der Waals surface area contributed by atoms with Gasteiger partial charge in [-0.05, 0) is 55.7 Å². The molecule has 1 N–H and O–H groups in total. The van der Waals surface area contributed by atoms with Crippen molar-refractivity contribution in [2.45, 2.75) is 36.2 Å². The minimum Gasteiger partial charge on any atom is -0.372 e. The highest BCUT2D eigenvalue weighted by Crippen LogP contribution is 2.27. The number of nitrogens with one attached hydrogen (secondary N) is 1. The highest BCUT2D eigenvalue weighted by molar-refractivity contribution is 8.15. The zero-order chi connectivity index (χ0) is 22.2. The number of amidine groups is 1. The van der Waals surface area contributed by atoms with Crippen molar-refractivity contribution in [1.29, 1.82) is 0 Å². The van der Waals surface area contributed by atoms with E-state index in [1.165, 1.54) is 11.8 Å². The summed E-state index contributed by atoms with van der Waals surface area (Å²) < 4.78 is 24.8. The molecule has 164 valence electrons. The summed E-state index contributed by atoms with van der Waals surface area (Å²) >= 11 is 1.83. The quantitative estimate of drug-likeness (QED) is 0.323. The van der Waals surface area contributed by atoms with Crippen LogP contribution in [0, 0.1) is 0 Å². The number of halogens is 2. The smallest absolute Gasteiger partial charge is 0.288 e. The Bertz CT molecular complexity index is 930. The van der Waals surface area contributed by atoms with Crippen LogP contribution >= 0.6 is 23.5 Å². The van der Waals surface area contributed by atoms with Gasteiger partial charge in [-0.2, -0.15) is 13.9 Å². The highest BCUT2D eigenvalue weighted by Gasteiger charge is 2.30. The summed E-state index contributed by atoms with van der Waals surface area (Å²) in [5.41, 5.74) is 2.99. The first-order valence-electron chi connectivity index (χ1n) is 9.95. The molecule has 1 saturated heterocycles. The van der Waals surface area contributed by atoms with Crippen LogP contribution < -0.4 is 10.2 Å². The molecule has 3 rings (SSSR count). The summed E-state index contributed by atoms with van der Waals surface area (Å²) in [5, 5.41) is 11.1. The van der Waals surface area contributed by atoms with Crippen molar-refractivity contribution >= 4 is 46.5 Å². The largest absolute Gasteiger partial charge is 0.372 e. The fraction of sp³-hybridized carbons (Fsp3) is 0.318. The Labute approximate surface area is 189 Å². The molecule has 5 nitrogen and oxygen atoms in total. The number of benzene rings is 2. The third-order valence-electron chi connectivity index (χ3n) is 4.72. The molecule has 2 aromatic carbocycles. The van der Waals surface area contributed by atoms with E-state index in [2.05, 4.69) is 46.4 Å². The van der Waals surface area contributed by atoms with Crippen LogP contribution in [0.3, 0.4) is 0 Å². The van der Waals surface area contributed by atoms with Crippen molar-refractivity contribution in [1.82, 2.24) is 5.32 Å². The van der Waals surface area contributed by atoms with E-state index in [1.54, 1.807) is 30.5 Å². The van der Waals surface area contributed by atoms with Crippen molar-refractivity contribution in [3.63, 3.8) is 0 Å². The van der Waals surface area contributed by atoms with Gasteiger partial charge in [-0.3, -0.25) is 4.79 Å². The van der Waals surface area contributed by atoms with Gasteiger partial charge in [0, 0.05) is 23.7 Å².